The molecule has 4 nitrogen and oxygen atoms in total. The van der Waals surface area contributed by atoms with Crippen LogP contribution in [0.4, 0.5) is 8.78 Å². The third-order valence-corrected chi connectivity index (χ3v) is 5.62. The first-order chi connectivity index (χ1) is 15.5. The van der Waals surface area contributed by atoms with Crippen LogP contribution in [0.1, 0.15) is 17.5 Å². The summed E-state index contributed by atoms with van der Waals surface area (Å²) in [6.07, 6.45) is 0.207. The number of ether oxygens (including phenoxy) is 1. The molecular formula is C26H24F2N2O2. The van der Waals surface area contributed by atoms with E-state index in [1.54, 1.807) is 26.3 Å². The number of aromatic nitrogens is 1. The molecule has 1 aromatic heterocycles. The molecule has 0 radical (unpaired) electrons. The monoisotopic (exact) mass is 434 g/mol. The number of nitrogens with zero attached hydrogens (tertiary/aromatic N) is 1. The number of hydrogen-bond donors (Lipinski definition) is 2. The number of benzene rings is 3. The summed E-state index contributed by atoms with van der Waals surface area (Å²) in [7, 11) is 3.32. The van der Waals surface area contributed by atoms with Gasteiger partial charge in [-0.25, -0.2) is 13.8 Å². The van der Waals surface area contributed by atoms with Gasteiger partial charge in [-0.15, -0.1) is 0 Å². The lowest BCUT2D eigenvalue weighted by Crippen LogP contribution is -2.32. The first-order valence-corrected chi connectivity index (χ1v) is 10.3. The van der Waals surface area contributed by atoms with Gasteiger partial charge >= 0.3 is 0 Å². The van der Waals surface area contributed by atoms with Crippen LogP contribution >= 0.6 is 0 Å². The van der Waals surface area contributed by atoms with Crippen molar-refractivity contribution in [3.8, 4) is 17.0 Å². The van der Waals surface area contributed by atoms with Crippen molar-refractivity contribution in [1.29, 1.82) is 0 Å². The number of pyridine rings is 1. The Morgan fingerprint density at radius 3 is 2.34 bits per heavy atom. The molecule has 1 unspecified atom stereocenters. The zero-order valence-electron chi connectivity index (χ0n) is 17.9. The van der Waals surface area contributed by atoms with Crippen LogP contribution in [0.3, 0.4) is 0 Å². The minimum atomic E-state index is -1.64. The van der Waals surface area contributed by atoms with Gasteiger partial charge in [0.25, 0.3) is 0 Å². The van der Waals surface area contributed by atoms with Crippen LogP contribution in [-0.2, 0) is 5.60 Å². The van der Waals surface area contributed by atoms with Crippen molar-refractivity contribution in [2.75, 3.05) is 20.7 Å². The fraction of sp³-hybridized carbons (Fsp3) is 0.192. The van der Waals surface area contributed by atoms with Crippen LogP contribution in [0.15, 0.2) is 72.8 Å². The molecule has 4 rings (SSSR count). The maximum Gasteiger partial charge on any atom is 0.221 e. The van der Waals surface area contributed by atoms with E-state index in [4.69, 9.17) is 4.74 Å². The molecule has 1 heterocycles. The van der Waals surface area contributed by atoms with Gasteiger partial charge in [0.15, 0.2) is 0 Å². The van der Waals surface area contributed by atoms with Gasteiger partial charge in [0.05, 0.1) is 12.6 Å². The van der Waals surface area contributed by atoms with E-state index in [1.807, 2.05) is 42.5 Å². The molecule has 0 amide bonds. The van der Waals surface area contributed by atoms with Crippen molar-refractivity contribution in [2.45, 2.75) is 12.0 Å². The van der Waals surface area contributed by atoms with Gasteiger partial charge in [0.1, 0.15) is 17.2 Å². The van der Waals surface area contributed by atoms with Crippen molar-refractivity contribution in [3.63, 3.8) is 0 Å². The minimum Gasteiger partial charge on any atom is -0.481 e. The highest BCUT2D eigenvalue weighted by atomic mass is 19.1. The first kappa shape index (κ1) is 21.9. The molecule has 2 N–H and O–H groups in total. The number of nitrogens with one attached hydrogen (secondary N) is 1. The van der Waals surface area contributed by atoms with Gasteiger partial charge in [-0.1, -0.05) is 42.5 Å². The SMILES string of the molecule is CNCCC(O)(c1cc(F)cc(F)c1)c1cccc2nc(OC)c(-c3ccccc3)cc12. The van der Waals surface area contributed by atoms with Crippen LogP contribution in [0.2, 0.25) is 0 Å². The molecule has 0 aliphatic heterocycles. The lowest BCUT2D eigenvalue weighted by Gasteiger charge is -2.31. The number of fused-ring (bicyclic) bond motifs is 1. The van der Waals surface area contributed by atoms with E-state index in [0.29, 0.717) is 28.9 Å². The molecule has 0 aliphatic rings. The number of aliphatic hydroxyl groups is 1. The summed E-state index contributed by atoms with van der Waals surface area (Å²) in [4.78, 5) is 4.66. The fourth-order valence-electron chi connectivity index (χ4n) is 4.05. The molecule has 0 saturated carbocycles. The van der Waals surface area contributed by atoms with Gasteiger partial charge in [-0.05, 0) is 61.0 Å². The smallest absolute Gasteiger partial charge is 0.221 e. The van der Waals surface area contributed by atoms with E-state index in [0.717, 1.165) is 17.2 Å². The van der Waals surface area contributed by atoms with Crippen LogP contribution < -0.4 is 10.1 Å². The van der Waals surface area contributed by atoms with E-state index < -0.39 is 17.2 Å². The lowest BCUT2D eigenvalue weighted by atomic mass is 9.81. The Bertz CT molecular complexity index is 1230. The van der Waals surface area contributed by atoms with Crippen molar-refractivity contribution in [2.24, 2.45) is 0 Å². The summed E-state index contributed by atoms with van der Waals surface area (Å²) in [6.45, 7) is 0.431. The molecule has 0 bridgehead atoms. The van der Waals surface area contributed by atoms with Gasteiger partial charge in [0, 0.05) is 17.0 Å². The maximum absolute atomic E-state index is 14.1. The predicted molar refractivity (Wildman–Crippen MR) is 122 cm³/mol. The van der Waals surface area contributed by atoms with Crippen LogP contribution in [0.25, 0.3) is 22.0 Å². The molecule has 4 aromatic rings. The second kappa shape index (κ2) is 9.02. The van der Waals surface area contributed by atoms with E-state index in [-0.39, 0.29) is 12.0 Å². The van der Waals surface area contributed by atoms with Crippen LogP contribution in [-0.4, -0.2) is 30.8 Å². The summed E-state index contributed by atoms with van der Waals surface area (Å²) < 4.78 is 33.7. The Hall–Kier alpha value is -3.35. The second-order valence-electron chi connectivity index (χ2n) is 7.66. The van der Waals surface area contributed by atoms with Crippen LogP contribution in [0, 0.1) is 11.6 Å². The molecule has 32 heavy (non-hydrogen) atoms. The predicted octanol–water partition coefficient (Wildman–Crippen LogP) is 5.03. The molecule has 1 atom stereocenters. The zero-order chi connectivity index (χ0) is 22.7. The summed E-state index contributed by atoms with van der Waals surface area (Å²) in [5.74, 6) is -1.03. The van der Waals surface area contributed by atoms with Gasteiger partial charge in [0.2, 0.25) is 5.88 Å². The molecule has 0 spiro atoms. The second-order valence-corrected chi connectivity index (χ2v) is 7.66. The van der Waals surface area contributed by atoms with E-state index in [2.05, 4.69) is 10.3 Å². The number of hydrogen-bond acceptors (Lipinski definition) is 4. The largest absolute Gasteiger partial charge is 0.481 e. The molecule has 164 valence electrons. The van der Waals surface area contributed by atoms with E-state index >= 15 is 0 Å². The topological polar surface area (TPSA) is 54.4 Å². The molecule has 0 fully saturated rings. The number of rotatable bonds is 7. The van der Waals surface area contributed by atoms with Crippen molar-refractivity contribution >= 4 is 10.9 Å². The number of halogens is 2. The standard InChI is InChI=1S/C26H24F2N2O2/c1-29-12-11-26(31,18-13-19(27)15-20(28)14-18)23-9-6-10-24-22(23)16-21(25(30-24)32-2)17-7-4-3-5-8-17/h3-10,13-16,29,31H,11-12H2,1-2H3. The van der Waals surface area contributed by atoms with Crippen molar-refractivity contribution in [3.05, 3.63) is 95.6 Å². The first-order valence-electron chi connectivity index (χ1n) is 10.3. The minimum absolute atomic E-state index is 0.148. The molecule has 0 saturated heterocycles. The maximum atomic E-state index is 14.1. The highest BCUT2D eigenvalue weighted by Gasteiger charge is 2.34. The Morgan fingerprint density at radius 1 is 0.969 bits per heavy atom. The Balaban J connectivity index is 2.00. The highest BCUT2D eigenvalue weighted by Crippen LogP contribution is 2.40. The molecule has 0 aliphatic carbocycles. The van der Waals surface area contributed by atoms with Crippen LogP contribution in [0.5, 0.6) is 5.88 Å². The Kier molecular flexibility index (Phi) is 6.17. The lowest BCUT2D eigenvalue weighted by molar-refractivity contribution is 0.0725. The van der Waals surface area contributed by atoms with Crippen molar-refractivity contribution < 1.29 is 18.6 Å². The Labute approximate surface area is 185 Å². The quantitative estimate of drug-likeness (QED) is 0.428. The normalized spacial score (nSPS) is 13.2. The third-order valence-electron chi connectivity index (χ3n) is 5.62. The summed E-state index contributed by atoms with van der Waals surface area (Å²) in [5.41, 5.74) is 1.30. The molecule has 3 aromatic carbocycles. The number of methoxy groups -OCH3 is 1. The third kappa shape index (κ3) is 4.07. The summed E-state index contributed by atoms with van der Waals surface area (Å²) in [6, 6.07) is 20.1. The summed E-state index contributed by atoms with van der Waals surface area (Å²) >= 11 is 0. The molecule has 6 heteroatoms. The van der Waals surface area contributed by atoms with Gasteiger partial charge in [-0.2, -0.15) is 0 Å². The molecular weight excluding hydrogens is 410 g/mol. The average molecular weight is 434 g/mol. The summed E-state index contributed by atoms with van der Waals surface area (Å²) in [5, 5.41) is 15.6. The van der Waals surface area contributed by atoms with Gasteiger partial charge < -0.3 is 15.2 Å². The van der Waals surface area contributed by atoms with Gasteiger partial charge in [-0.3, -0.25) is 0 Å². The van der Waals surface area contributed by atoms with Crippen molar-refractivity contribution in [1.82, 2.24) is 10.3 Å². The fourth-order valence-corrected chi connectivity index (χ4v) is 4.05. The van der Waals surface area contributed by atoms with E-state index in [1.165, 1.54) is 12.1 Å². The average Bonchev–Trinajstić information content (AvgIpc) is 2.81. The highest BCUT2D eigenvalue weighted by molar-refractivity contribution is 5.89. The van der Waals surface area contributed by atoms with E-state index in [9.17, 15) is 13.9 Å². The Morgan fingerprint density at radius 2 is 1.69 bits per heavy atom. The zero-order valence-corrected chi connectivity index (χ0v) is 17.9.